The zero-order chi connectivity index (χ0) is 19.8. The maximum absolute atomic E-state index is 14.1. The maximum atomic E-state index is 14.1. The zero-order valence-electron chi connectivity index (χ0n) is 15.3. The summed E-state index contributed by atoms with van der Waals surface area (Å²) in [4.78, 5) is 27.0. The fourth-order valence-electron chi connectivity index (χ4n) is 2.25. The first kappa shape index (κ1) is 18.8. The highest BCUT2D eigenvalue weighted by molar-refractivity contribution is 7.21. The Balaban J connectivity index is 1.86. The van der Waals surface area contributed by atoms with E-state index in [9.17, 15) is 9.18 Å². The van der Waals surface area contributed by atoms with E-state index >= 15 is 0 Å². The van der Waals surface area contributed by atoms with Gasteiger partial charge < -0.3 is 15.4 Å². The fraction of sp³-hybridized carbons (Fsp3) is 0.294. The molecule has 0 fully saturated rings. The van der Waals surface area contributed by atoms with Gasteiger partial charge in [-0.2, -0.15) is 4.98 Å². The molecule has 1 amide bonds. The third-order valence-corrected chi connectivity index (χ3v) is 4.22. The molecule has 0 atom stereocenters. The van der Waals surface area contributed by atoms with E-state index in [2.05, 4.69) is 20.3 Å². The number of anilines is 4. The van der Waals surface area contributed by atoms with Crippen molar-refractivity contribution in [1.29, 1.82) is 0 Å². The van der Waals surface area contributed by atoms with Crippen LogP contribution in [0.3, 0.4) is 0 Å². The van der Waals surface area contributed by atoms with Gasteiger partial charge in [-0.1, -0.05) is 11.3 Å². The van der Waals surface area contributed by atoms with Crippen LogP contribution in [0.15, 0.2) is 24.4 Å². The Hall–Kier alpha value is -3.01. The van der Waals surface area contributed by atoms with Crippen molar-refractivity contribution in [2.45, 2.75) is 26.4 Å². The van der Waals surface area contributed by atoms with Crippen LogP contribution in [-0.2, 0) is 4.74 Å². The van der Waals surface area contributed by atoms with E-state index in [0.29, 0.717) is 27.1 Å². The Labute approximate surface area is 159 Å². The molecule has 8 nitrogen and oxygen atoms in total. The number of hydrogen-bond acceptors (Lipinski definition) is 8. The number of carbonyl (C=O) groups is 1. The molecule has 3 N–H and O–H groups in total. The van der Waals surface area contributed by atoms with Gasteiger partial charge in [-0.15, -0.1) is 0 Å². The van der Waals surface area contributed by atoms with Crippen molar-refractivity contribution >= 4 is 50.2 Å². The average molecular weight is 390 g/mol. The molecule has 0 aliphatic carbocycles. The first-order valence-corrected chi connectivity index (χ1v) is 8.86. The van der Waals surface area contributed by atoms with E-state index in [1.807, 2.05) is 0 Å². The molecular weight excluding hydrogens is 371 g/mol. The number of nitrogens with one attached hydrogen (secondary N) is 1. The average Bonchev–Trinajstić information content (AvgIpc) is 2.93. The molecule has 0 unspecified atom stereocenters. The smallest absolute Gasteiger partial charge is 0.412 e. The zero-order valence-corrected chi connectivity index (χ0v) is 16.1. The normalized spacial score (nSPS) is 11.4. The molecule has 3 rings (SSSR count). The highest BCUT2D eigenvalue weighted by Gasteiger charge is 2.18. The second-order valence-corrected chi connectivity index (χ2v) is 7.77. The Morgan fingerprint density at radius 2 is 2.07 bits per heavy atom. The SMILES string of the molecule is CN(c1ccc(F)c(NC(=O)OC(C)(C)C)c1)c1ncc2nc(N)sc2n1. The third-order valence-electron chi connectivity index (χ3n) is 3.43. The molecule has 0 spiro atoms. The van der Waals surface area contributed by atoms with Crippen LogP contribution < -0.4 is 16.0 Å². The van der Waals surface area contributed by atoms with Crippen molar-refractivity contribution in [3.8, 4) is 0 Å². The first-order valence-electron chi connectivity index (χ1n) is 8.05. The predicted molar refractivity (Wildman–Crippen MR) is 104 cm³/mol. The Morgan fingerprint density at radius 3 is 2.78 bits per heavy atom. The summed E-state index contributed by atoms with van der Waals surface area (Å²) in [5.74, 6) is -0.189. The predicted octanol–water partition coefficient (Wildman–Crippen LogP) is 3.92. The molecule has 2 aromatic heterocycles. The molecule has 0 aliphatic rings. The number of halogens is 1. The molecule has 27 heavy (non-hydrogen) atoms. The Bertz CT molecular complexity index is 1000. The van der Waals surface area contributed by atoms with Crippen molar-refractivity contribution in [3.63, 3.8) is 0 Å². The van der Waals surface area contributed by atoms with Gasteiger partial charge in [-0.3, -0.25) is 5.32 Å². The molecule has 0 bridgehead atoms. The van der Waals surface area contributed by atoms with E-state index in [0.717, 1.165) is 0 Å². The number of aromatic nitrogens is 3. The van der Waals surface area contributed by atoms with E-state index < -0.39 is 17.5 Å². The number of hydrogen-bond donors (Lipinski definition) is 2. The van der Waals surface area contributed by atoms with Crippen LogP contribution in [0.25, 0.3) is 10.3 Å². The minimum absolute atomic E-state index is 0.00304. The largest absolute Gasteiger partial charge is 0.444 e. The monoisotopic (exact) mass is 390 g/mol. The molecule has 0 aliphatic heterocycles. The van der Waals surface area contributed by atoms with Gasteiger partial charge >= 0.3 is 6.09 Å². The summed E-state index contributed by atoms with van der Waals surface area (Å²) in [6.45, 7) is 5.19. The number of nitrogen functional groups attached to an aromatic ring is 1. The van der Waals surface area contributed by atoms with Crippen LogP contribution >= 0.6 is 11.3 Å². The van der Waals surface area contributed by atoms with Crippen LogP contribution in [0.4, 0.5) is 31.6 Å². The van der Waals surface area contributed by atoms with Crippen LogP contribution in [0.1, 0.15) is 20.8 Å². The minimum Gasteiger partial charge on any atom is -0.444 e. The summed E-state index contributed by atoms with van der Waals surface area (Å²) in [6.07, 6.45) is 0.837. The van der Waals surface area contributed by atoms with Gasteiger partial charge in [0.05, 0.1) is 11.9 Å². The Kier molecular flexibility index (Phi) is 4.83. The maximum Gasteiger partial charge on any atom is 0.412 e. The molecule has 0 saturated carbocycles. The van der Waals surface area contributed by atoms with E-state index in [1.54, 1.807) is 45.0 Å². The number of rotatable bonds is 3. The van der Waals surface area contributed by atoms with Crippen molar-refractivity contribution in [2.75, 3.05) is 23.0 Å². The lowest BCUT2D eigenvalue weighted by atomic mass is 10.2. The molecular formula is C17H19FN6O2S. The lowest BCUT2D eigenvalue weighted by molar-refractivity contribution is 0.0635. The van der Waals surface area contributed by atoms with Gasteiger partial charge in [0.15, 0.2) is 9.96 Å². The number of nitrogens with two attached hydrogens (primary N) is 1. The molecule has 0 radical (unpaired) electrons. The van der Waals surface area contributed by atoms with E-state index in [-0.39, 0.29) is 5.69 Å². The second-order valence-electron chi connectivity index (χ2n) is 6.76. The van der Waals surface area contributed by atoms with Gasteiger partial charge in [-0.05, 0) is 39.0 Å². The van der Waals surface area contributed by atoms with Gasteiger partial charge in [0, 0.05) is 12.7 Å². The number of benzene rings is 1. The van der Waals surface area contributed by atoms with Crippen molar-refractivity contribution in [3.05, 3.63) is 30.2 Å². The van der Waals surface area contributed by atoms with Crippen LogP contribution in [0.2, 0.25) is 0 Å². The van der Waals surface area contributed by atoms with Crippen molar-refractivity contribution in [1.82, 2.24) is 15.0 Å². The van der Waals surface area contributed by atoms with Crippen LogP contribution in [0, 0.1) is 5.82 Å². The van der Waals surface area contributed by atoms with E-state index in [4.69, 9.17) is 10.5 Å². The minimum atomic E-state index is -0.737. The number of carbonyl (C=O) groups excluding carboxylic acids is 1. The lowest BCUT2D eigenvalue weighted by Crippen LogP contribution is -2.27. The molecule has 2 heterocycles. The molecule has 142 valence electrons. The summed E-state index contributed by atoms with van der Waals surface area (Å²) in [5.41, 5.74) is 6.19. The summed E-state index contributed by atoms with van der Waals surface area (Å²) in [6, 6.07) is 4.29. The number of fused-ring (bicyclic) bond motifs is 1. The molecule has 1 aromatic carbocycles. The molecule has 3 aromatic rings. The fourth-order valence-corrected chi connectivity index (χ4v) is 2.92. The number of nitrogens with zero attached hydrogens (tertiary/aromatic N) is 4. The summed E-state index contributed by atoms with van der Waals surface area (Å²) >= 11 is 1.25. The topological polar surface area (TPSA) is 106 Å². The summed E-state index contributed by atoms with van der Waals surface area (Å²) in [5, 5.41) is 2.83. The highest BCUT2D eigenvalue weighted by Crippen LogP contribution is 2.28. The van der Waals surface area contributed by atoms with E-state index in [1.165, 1.54) is 23.5 Å². The van der Waals surface area contributed by atoms with Gasteiger partial charge in [0.2, 0.25) is 5.95 Å². The molecule has 10 heteroatoms. The van der Waals surface area contributed by atoms with Crippen LogP contribution in [-0.4, -0.2) is 33.7 Å². The molecule has 0 saturated heterocycles. The first-order chi connectivity index (χ1) is 12.6. The van der Waals surface area contributed by atoms with Crippen LogP contribution in [0.5, 0.6) is 0 Å². The second kappa shape index (κ2) is 6.95. The number of ether oxygens (including phenoxy) is 1. The van der Waals surface area contributed by atoms with Gasteiger partial charge in [-0.25, -0.2) is 19.2 Å². The third kappa shape index (κ3) is 4.40. The summed E-state index contributed by atoms with van der Waals surface area (Å²) < 4.78 is 19.3. The summed E-state index contributed by atoms with van der Waals surface area (Å²) in [7, 11) is 1.73. The quantitative estimate of drug-likeness (QED) is 0.698. The van der Waals surface area contributed by atoms with Gasteiger partial charge in [0.25, 0.3) is 0 Å². The standard InChI is InChI=1S/C17H19FN6O2S/c1-17(2,3)26-16(25)22-11-7-9(5-6-10(11)18)24(4)15-20-8-12-13(23-15)27-14(19)21-12/h5-8H,1-4H3,(H2,19,21)(H,22,25). The highest BCUT2D eigenvalue weighted by atomic mass is 32.1. The number of thiazole rings is 1. The number of amides is 1. The van der Waals surface area contributed by atoms with Gasteiger partial charge in [0.1, 0.15) is 16.9 Å². The van der Waals surface area contributed by atoms with Crippen molar-refractivity contribution < 1.29 is 13.9 Å². The lowest BCUT2D eigenvalue weighted by Gasteiger charge is -2.21. The Morgan fingerprint density at radius 1 is 1.33 bits per heavy atom. The van der Waals surface area contributed by atoms with Crippen molar-refractivity contribution in [2.24, 2.45) is 0 Å².